The number of pyridine rings is 3. The summed E-state index contributed by atoms with van der Waals surface area (Å²) in [6.45, 7) is 9.15. The molecule has 0 saturated heterocycles. The van der Waals surface area contributed by atoms with E-state index in [9.17, 15) is 9.59 Å². The van der Waals surface area contributed by atoms with Crippen molar-refractivity contribution in [1.29, 1.82) is 0 Å². The van der Waals surface area contributed by atoms with Gasteiger partial charge in [-0.1, -0.05) is 94.4 Å². The first kappa shape index (κ1) is 33.2. The molecule has 3 aromatic carbocycles. The second-order valence-electron chi connectivity index (χ2n) is 12.7. The molecular formula is C41H41N5O3. The predicted octanol–water partition coefficient (Wildman–Crippen LogP) is 9.02. The number of hydrogen-bond acceptors (Lipinski definition) is 5. The Hall–Kier alpha value is -5.76. The van der Waals surface area contributed by atoms with E-state index in [1.54, 1.807) is 17.0 Å². The number of fused-ring (bicyclic) bond motifs is 1. The van der Waals surface area contributed by atoms with Crippen LogP contribution in [0.15, 0.2) is 120 Å². The number of hydrogen-bond donors (Lipinski definition) is 2. The summed E-state index contributed by atoms with van der Waals surface area (Å²) in [5, 5.41) is 6.85. The molecule has 2 amide bonds. The number of ether oxygens (including phenoxy) is 1. The van der Waals surface area contributed by atoms with Gasteiger partial charge in [-0.05, 0) is 70.0 Å². The van der Waals surface area contributed by atoms with Crippen LogP contribution in [-0.2, 0) is 13.0 Å². The maximum atomic E-state index is 14.6. The van der Waals surface area contributed by atoms with E-state index in [1.807, 2.05) is 103 Å². The lowest BCUT2D eigenvalue weighted by atomic mass is 9.93. The van der Waals surface area contributed by atoms with Gasteiger partial charge in [-0.2, -0.15) is 0 Å². The van der Waals surface area contributed by atoms with E-state index in [2.05, 4.69) is 48.3 Å². The zero-order chi connectivity index (χ0) is 34.3. The first-order valence-electron chi connectivity index (χ1n) is 16.7. The van der Waals surface area contributed by atoms with E-state index < -0.39 is 6.03 Å². The predicted molar refractivity (Wildman–Crippen MR) is 198 cm³/mol. The van der Waals surface area contributed by atoms with Gasteiger partial charge in [0.05, 0.1) is 13.2 Å². The number of urea groups is 1. The molecule has 8 nitrogen and oxygen atoms in total. The maximum Gasteiger partial charge on any atom is 0.323 e. The third-order valence-electron chi connectivity index (χ3n) is 8.56. The highest BCUT2D eigenvalue weighted by molar-refractivity contribution is 6.08. The molecule has 3 aromatic heterocycles. The van der Waals surface area contributed by atoms with Crippen LogP contribution in [0.5, 0.6) is 5.75 Å². The fraction of sp³-hybridized carbons (Fsp3) is 0.220. The number of amides is 2. The van der Waals surface area contributed by atoms with Gasteiger partial charge < -0.3 is 15.4 Å². The Balaban J connectivity index is 1.44. The zero-order valence-corrected chi connectivity index (χ0v) is 28.3. The molecule has 0 saturated carbocycles. The number of aromatic nitrogens is 3. The molecule has 0 fully saturated rings. The van der Waals surface area contributed by atoms with Gasteiger partial charge in [0.15, 0.2) is 0 Å². The molecule has 248 valence electrons. The molecule has 6 aromatic rings. The molecule has 0 aliphatic carbocycles. The maximum absolute atomic E-state index is 14.6. The summed E-state index contributed by atoms with van der Waals surface area (Å²) in [4.78, 5) is 37.4. The summed E-state index contributed by atoms with van der Waals surface area (Å²) < 4.78 is 7.79. The SMILES string of the molecule is CC(C)c1cccc(C(C)C)c1NC(=O)Nc1c(-c2cccc(OCCc3cccnc3)c2)c2cccnc2n(Cc2ccccc2)c1=O. The minimum atomic E-state index is -0.494. The van der Waals surface area contributed by atoms with Crippen molar-refractivity contribution in [3.8, 4) is 16.9 Å². The van der Waals surface area contributed by atoms with Crippen LogP contribution >= 0.6 is 0 Å². The Bertz CT molecular complexity index is 2100. The largest absolute Gasteiger partial charge is 0.493 e. The number of nitrogens with one attached hydrogen (secondary N) is 2. The summed E-state index contributed by atoms with van der Waals surface area (Å²) >= 11 is 0. The van der Waals surface area contributed by atoms with Gasteiger partial charge in [0, 0.05) is 41.6 Å². The van der Waals surface area contributed by atoms with Crippen molar-refractivity contribution in [3.63, 3.8) is 0 Å². The molecule has 0 aliphatic rings. The van der Waals surface area contributed by atoms with Crippen molar-refractivity contribution >= 4 is 28.4 Å². The standard InChI is InChI=1S/C41H41N5O3/c1-27(2)33-17-9-18-34(28(3)4)37(33)44-41(48)45-38-36(31-15-8-16-32(24-31)49-23-20-29-14-10-21-42-25-29)35-19-11-22-43-39(35)46(40(38)47)26-30-12-6-5-7-13-30/h5-19,21-22,24-25,27-28H,20,23,26H2,1-4H3,(H2,44,45,48). The van der Waals surface area contributed by atoms with E-state index in [-0.39, 0.29) is 29.6 Å². The van der Waals surface area contributed by atoms with Crippen LogP contribution in [0, 0.1) is 0 Å². The van der Waals surface area contributed by atoms with Crippen molar-refractivity contribution in [1.82, 2.24) is 14.5 Å². The van der Waals surface area contributed by atoms with Gasteiger partial charge in [-0.3, -0.25) is 14.3 Å². The number of carbonyl (C=O) groups excluding carboxylic acids is 1. The molecule has 49 heavy (non-hydrogen) atoms. The second-order valence-corrected chi connectivity index (χ2v) is 12.7. The number of nitrogens with zero attached hydrogens (tertiary/aromatic N) is 3. The molecule has 0 radical (unpaired) electrons. The topological polar surface area (TPSA) is 98.1 Å². The van der Waals surface area contributed by atoms with Gasteiger partial charge in [-0.15, -0.1) is 0 Å². The van der Waals surface area contributed by atoms with Crippen molar-refractivity contribution < 1.29 is 9.53 Å². The number of benzene rings is 3. The molecule has 3 heterocycles. The van der Waals surface area contributed by atoms with E-state index in [0.717, 1.165) is 38.9 Å². The minimum absolute atomic E-state index is 0.162. The number of anilines is 2. The van der Waals surface area contributed by atoms with Crippen LogP contribution in [0.25, 0.3) is 22.2 Å². The quantitative estimate of drug-likeness (QED) is 0.146. The summed E-state index contributed by atoms with van der Waals surface area (Å²) in [5.74, 6) is 1.01. The Morgan fingerprint density at radius 2 is 1.47 bits per heavy atom. The molecule has 0 aliphatic heterocycles. The molecule has 0 atom stereocenters. The van der Waals surface area contributed by atoms with E-state index in [0.29, 0.717) is 30.0 Å². The van der Waals surface area contributed by atoms with Crippen molar-refractivity contribution in [3.05, 3.63) is 148 Å². The fourth-order valence-electron chi connectivity index (χ4n) is 6.14. The third kappa shape index (κ3) is 7.54. The first-order valence-corrected chi connectivity index (χ1v) is 16.7. The van der Waals surface area contributed by atoms with Gasteiger partial charge in [0.2, 0.25) is 0 Å². The fourth-order valence-corrected chi connectivity index (χ4v) is 6.14. The lowest BCUT2D eigenvalue weighted by molar-refractivity contribution is 0.262. The van der Waals surface area contributed by atoms with E-state index in [1.165, 1.54) is 0 Å². The molecule has 0 unspecified atom stereocenters. The lowest BCUT2D eigenvalue weighted by Crippen LogP contribution is -2.30. The number of carbonyl (C=O) groups is 1. The van der Waals surface area contributed by atoms with Crippen LogP contribution in [0.3, 0.4) is 0 Å². The van der Waals surface area contributed by atoms with Gasteiger partial charge in [0.25, 0.3) is 5.56 Å². The normalized spacial score (nSPS) is 11.2. The molecular weight excluding hydrogens is 610 g/mol. The van der Waals surface area contributed by atoms with Crippen LogP contribution in [-0.4, -0.2) is 27.2 Å². The molecule has 8 heteroatoms. The molecule has 6 rings (SSSR count). The van der Waals surface area contributed by atoms with Crippen LogP contribution in [0.1, 0.15) is 61.8 Å². The second kappa shape index (κ2) is 15.0. The van der Waals surface area contributed by atoms with Crippen molar-refractivity contribution in [2.45, 2.75) is 52.5 Å². The Kier molecular flexibility index (Phi) is 10.1. The number of para-hydroxylation sites is 1. The average Bonchev–Trinajstić information content (AvgIpc) is 3.11. The Morgan fingerprint density at radius 1 is 0.776 bits per heavy atom. The smallest absolute Gasteiger partial charge is 0.323 e. The summed E-state index contributed by atoms with van der Waals surface area (Å²) in [6, 6.07) is 30.7. The van der Waals surface area contributed by atoms with E-state index in [4.69, 9.17) is 4.74 Å². The first-order chi connectivity index (χ1) is 23.8. The summed E-state index contributed by atoms with van der Waals surface area (Å²) in [7, 11) is 0. The summed E-state index contributed by atoms with van der Waals surface area (Å²) in [5.41, 5.74) is 6.47. The van der Waals surface area contributed by atoms with Crippen molar-refractivity contribution in [2.75, 3.05) is 17.2 Å². The van der Waals surface area contributed by atoms with Crippen molar-refractivity contribution in [2.24, 2.45) is 0 Å². The third-order valence-corrected chi connectivity index (χ3v) is 8.56. The monoisotopic (exact) mass is 651 g/mol. The van der Waals surface area contributed by atoms with Crippen LogP contribution in [0.4, 0.5) is 16.2 Å². The summed E-state index contributed by atoms with van der Waals surface area (Å²) in [6.07, 6.45) is 5.96. The molecule has 0 spiro atoms. The highest BCUT2D eigenvalue weighted by Crippen LogP contribution is 2.36. The minimum Gasteiger partial charge on any atom is -0.493 e. The number of rotatable bonds is 11. The van der Waals surface area contributed by atoms with Gasteiger partial charge in [0.1, 0.15) is 17.1 Å². The Morgan fingerprint density at radius 3 is 2.18 bits per heavy atom. The average molecular weight is 652 g/mol. The Labute approximate surface area is 286 Å². The van der Waals surface area contributed by atoms with E-state index >= 15 is 0 Å². The van der Waals surface area contributed by atoms with Gasteiger partial charge >= 0.3 is 6.03 Å². The van der Waals surface area contributed by atoms with Crippen LogP contribution in [0.2, 0.25) is 0 Å². The zero-order valence-electron chi connectivity index (χ0n) is 28.3. The highest BCUT2D eigenvalue weighted by atomic mass is 16.5. The lowest BCUT2D eigenvalue weighted by Gasteiger charge is -2.22. The van der Waals surface area contributed by atoms with Gasteiger partial charge in [-0.25, -0.2) is 9.78 Å². The highest BCUT2D eigenvalue weighted by Gasteiger charge is 2.23. The molecule has 0 bridgehead atoms. The molecule has 2 N–H and O–H groups in total. The van der Waals surface area contributed by atoms with Crippen LogP contribution < -0.4 is 20.9 Å².